The smallest absolute Gasteiger partial charge is 0.351 e. The summed E-state index contributed by atoms with van der Waals surface area (Å²) in [5, 5.41) is 15.5. The number of rotatable bonds is 7. The molecule has 0 fully saturated rings. The Kier molecular flexibility index (Phi) is 7.54. The molecule has 2 aromatic rings. The number of thiazole rings is 1. The van der Waals surface area contributed by atoms with Crippen molar-refractivity contribution in [1.29, 1.82) is 5.26 Å². The van der Waals surface area contributed by atoms with Crippen LogP contribution < -0.4 is 10.6 Å². The van der Waals surface area contributed by atoms with Gasteiger partial charge in [0.1, 0.15) is 16.8 Å². The number of nitrogens with zero attached hydrogens (tertiary/aromatic N) is 2. The van der Waals surface area contributed by atoms with Gasteiger partial charge < -0.3 is 15.4 Å². The maximum Gasteiger partial charge on any atom is 0.351 e. The summed E-state index contributed by atoms with van der Waals surface area (Å²) >= 11 is 2.22. The molecule has 0 saturated heterocycles. The number of amides is 1. The van der Waals surface area contributed by atoms with E-state index < -0.39 is 17.7 Å². The van der Waals surface area contributed by atoms with Crippen LogP contribution in [0.1, 0.15) is 22.3 Å². The van der Waals surface area contributed by atoms with Gasteiger partial charge in [0.05, 0.1) is 17.3 Å². The van der Waals surface area contributed by atoms with E-state index in [1.165, 1.54) is 24.3 Å². The maximum atomic E-state index is 13.0. The molecule has 0 saturated carbocycles. The minimum Gasteiger partial charge on any atom is -0.462 e. The summed E-state index contributed by atoms with van der Waals surface area (Å²) in [6.45, 7) is 3.46. The number of benzene rings is 1. The predicted octanol–water partition coefficient (Wildman–Crippen LogP) is 3.92. The molecule has 146 valence electrons. The fraction of sp³-hybridized carbons (Fsp3) is 0.222. The van der Waals surface area contributed by atoms with E-state index in [9.17, 15) is 19.2 Å². The largest absolute Gasteiger partial charge is 0.462 e. The Balaban J connectivity index is 2.22. The number of nitrogens with one attached hydrogen (secondary N) is 2. The number of ether oxygens (including phenoxy) is 1. The molecular formula is C18H17FN4O3S2. The van der Waals surface area contributed by atoms with Crippen molar-refractivity contribution in [3.05, 3.63) is 51.3 Å². The minimum absolute atomic E-state index is 0.149. The molecule has 0 spiro atoms. The highest BCUT2D eigenvalue weighted by atomic mass is 32.2. The van der Waals surface area contributed by atoms with Gasteiger partial charge in [-0.15, -0.1) is 11.8 Å². The monoisotopic (exact) mass is 420 g/mol. The number of aromatic nitrogens is 1. The highest BCUT2D eigenvalue weighted by Gasteiger charge is 2.20. The van der Waals surface area contributed by atoms with Crippen molar-refractivity contribution in [2.75, 3.05) is 23.5 Å². The highest BCUT2D eigenvalue weighted by Crippen LogP contribution is 2.28. The number of carbonyl (C=O) groups excluding carboxylic acids is 2. The van der Waals surface area contributed by atoms with E-state index in [4.69, 9.17) is 4.74 Å². The zero-order valence-corrected chi connectivity index (χ0v) is 17.0. The van der Waals surface area contributed by atoms with E-state index in [0.29, 0.717) is 21.4 Å². The van der Waals surface area contributed by atoms with E-state index in [1.54, 1.807) is 20.1 Å². The van der Waals surface area contributed by atoms with Crippen molar-refractivity contribution in [3.63, 3.8) is 0 Å². The van der Waals surface area contributed by atoms with Crippen LogP contribution in [0.3, 0.4) is 0 Å². The van der Waals surface area contributed by atoms with Crippen molar-refractivity contribution in [2.45, 2.75) is 13.8 Å². The Morgan fingerprint density at radius 2 is 2.00 bits per heavy atom. The first-order valence-electron chi connectivity index (χ1n) is 8.06. The Morgan fingerprint density at radius 1 is 1.32 bits per heavy atom. The lowest BCUT2D eigenvalue weighted by Crippen LogP contribution is -2.11. The Labute approximate surface area is 169 Å². The third kappa shape index (κ3) is 5.31. The Hall–Kier alpha value is -2.90. The molecule has 1 aromatic heterocycles. The van der Waals surface area contributed by atoms with Crippen LogP contribution in [0.4, 0.5) is 15.2 Å². The van der Waals surface area contributed by atoms with Gasteiger partial charge in [-0.25, -0.2) is 14.2 Å². The summed E-state index contributed by atoms with van der Waals surface area (Å²) in [6, 6.07) is 7.23. The van der Waals surface area contributed by atoms with Crippen molar-refractivity contribution in [1.82, 2.24) is 4.98 Å². The molecule has 10 heteroatoms. The quantitative estimate of drug-likeness (QED) is 0.397. The molecule has 28 heavy (non-hydrogen) atoms. The van der Waals surface area contributed by atoms with Crippen molar-refractivity contribution in [2.24, 2.45) is 0 Å². The van der Waals surface area contributed by atoms with Gasteiger partial charge in [-0.3, -0.25) is 4.79 Å². The van der Waals surface area contributed by atoms with Crippen LogP contribution in [0, 0.1) is 24.1 Å². The molecule has 2 N–H and O–H groups in total. The lowest BCUT2D eigenvalue weighted by Gasteiger charge is -2.08. The summed E-state index contributed by atoms with van der Waals surface area (Å²) < 4.78 is 17.9. The number of nitriles is 1. The topological polar surface area (TPSA) is 104 Å². The van der Waals surface area contributed by atoms with Crippen molar-refractivity contribution >= 4 is 45.8 Å². The number of carbonyl (C=O) groups is 2. The average molecular weight is 420 g/mol. The molecule has 0 unspecified atom stereocenters. The number of thioether (sulfide) groups is 1. The minimum atomic E-state index is -0.732. The van der Waals surface area contributed by atoms with E-state index >= 15 is 0 Å². The van der Waals surface area contributed by atoms with Gasteiger partial charge in [0, 0.05) is 5.69 Å². The third-order valence-corrected chi connectivity index (χ3v) is 5.13. The van der Waals surface area contributed by atoms with Gasteiger partial charge in [0.2, 0.25) is 0 Å². The summed E-state index contributed by atoms with van der Waals surface area (Å²) in [5.41, 5.74) is 0.759. The number of halogens is 1. The lowest BCUT2D eigenvalue weighted by molar-refractivity contribution is -0.138. The number of anilines is 2. The Morgan fingerprint density at radius 3 is 2.57 bits per heavy atom. The van der Waals surface area contributed by atoms with Crippen LogP contribution in [-0.4, -0.2) is 29.7 Å². The van der Waals surface area contributed by atoms with Gasteiger partial charge in [-0.2, -0.15) is 5.26 Å². The zero-order valence-electron chi connectivity index (χ0n) is 15.3. The molecule has 0 bridgehead atoms. The number of hydrogen-bond donors (Lipinski definition) is 2. The molecule has 1 aromatic carbocycles. The summed E-state index contributed by atoms with van der Waals surface area (Å²) in [4.78, 5) is 29.0. The van der Waals surface area contributed by atoms with Gasteiger partial charge in [0.25, 0.3) is 5.91 Å². The van der Waals surface area contributed by atoms with Crippen LogP contribution in [0.5, 0.6) is 0 Å². The third-order valence-electron chi connectivity index (χ3n) is 3.35. The molecule has 1 heterocycles. The molecule has 0 aliphatic carbocycles. The fourth-order valence-electron chi connectivity index (χ4n) is 2.09. The summed E-state index contributed by atoms with van der Waals surface area (Å²) in [5.74, 6) is -1.52. The molecule has 2 rings (SSSR count). The van der Waals surface area contributed by atoms with Gasteiger partial charge in [-0.1, -0.05) is 11.3 Å². The first-order valence-corrected chi connectivity index (χ1v) is 10.1. The molecule has 1 amide bonds. The second-order valence-electron chi connectivity index (χ2n) is 5.26. The molecule has 0 radical (unpaired) electrons. The van der Waals surface area contributed by atoms with E-state index in [2.05, 4.69) is 15.6 Å². The van der Waals surface area contributed by atoms with Crippen molar-refractivity contribution in [3.8, 4) is 6.07 Å². The van der Waals surface area contributed by atoms with Gasteiger partial charge >= 0.3 is 5.97 Å². The van der Waals surface area contributed by atoms with E-state index in [-0.39, 0.29) is 17.2 Å². The highest BCUT2D eigenvalue weighted by molar-refractivity contribution is 8.02. The second kappa shape index (κ2) is 9.87. The van der Waals surface area contributed by atoms with Crippen LogP contribution in [0.25, 0.3) is 0 Å². The van der Waals surface area contributed by atoms with E-state index in [0.717, 1.165) is 23.1 Å². The molecule has 7 nitrogen and oxygen atoms in total. The average Bonchev–Trinajstić information content (AvgIpc) is 3.04. The zero-order chi connectivity index (χ0) is 20.7. The first kappa shape index (κ1) is 21.4. The normalized spacial score (nSPS) is 11.2. The maximum absolute atomic E-state index is 13.0. The molecule has 0 atom stereocenters. The summed E-state index contributed by atoms with van der Waals surface area (Å²) in [7, 11) is 0. The second-order valence-corrected chi connectivity index (χ2v) is 7.08. The van der Waals surface area contributed by atoms with Crippen LogP contribution in [0.2, 0.25) is 0 Å². The predicted molar refractivity (Wildman–Crippen MR) is 108 cm³/mol. The standard InChI is InChI=1S/C18H17FN4O3S2/c1-4-26-17(25)13(9-20)16(27-3)23-18-21-10(2)14(28-18)15(24)22-12-7-5-11(19)6-8-12/h5-8H,4H2,1-3H3,(H,21,23)(H,22,24)/b16-13+. The van der Waals surface area contributed by atoms with Gasteiger partial charge in [0.15, 0.2) is 10.7 Å². The first-order chi connectivity index (χ1) is 13.4. The lowest BCUT2D eigenvalue weighted by atomic mass is 10.3. The van der Waals surface area contributed by atoms with E-state index in [1.807, 2.05) is 6.07 Å². The van der Waals surface area contributed by atoms with Crippen molar-refractivity contribution < 1.29 is 18.7 Å². The van der Waals surface area contributed by atoms with Gasteiger partial charge in [-0.05, 0) is 44.4 Å². The molecule has 0 aliphatic rings. The Bertz CT molecular complexity index is 949. The number of aryl methyl sites for hydroxylation is 1. The number of hydrogen-bond acceptors (Lipinski definition) is 8. The van der Waals surface area contributed by atoms with Crippen LogP contribution in [0.15, 0.2) is 34.9 Å². The number of esters is 1. The summed E-state index contributed by atoms with van der Waals surface area (Å²) in [6.07, 6.45) is 1.70. The SMILES string of the molecule is CCOC(=O)/C(C#N)=C(\Nc1nc(C)c(C(=O)Nc2ccc(F)cc2)s1)SC. The van der Waals surface area contributed by atoms with Crippen LogP contribution >= 0.6 is 23.1 Å². The van der Waals surface area contributed by atoms with Crippen LogP contribution in [-0.2, 0) is 9.53 Å². The molecular weight excluding hydrogens is 403 g/mol. The molecule has 0 aliphatic heterocycles. The fourth-order valence-corrected chi connectivity index (χ4v) is 3.55.